The zero-order chi connectivity index (χ0) is 15.9. The molecule has 1 aromatic heterocycles. The van der Waals surface area contributed by atoms with Gasteiger partial charge in [-0.25, -0.2) is 4.98 Å². The number of fused-ring (bicyclic) bond motifs is 1. The van der Waals surface area contributed by atoms with Crippen LogP contribution in [0.5, 0.6) is 0 Å². The molecule has 1 saturated heterocycles. The van der Waals surface area contributed by atoms with Crippen LogP contribution in [0.25, 0.3) is 10.2 Å². The lowest BCUT2D eigenvalue weighted by atomic mass is 9.93. The summed E-state index contributed by atoms with van der Waals surface area (Å²) in [7, 11) is 0. The first kappa shape index (κ1) is 15.1. The van der Waals surface area contributed by atoms with E-state index in [-0.39, 0.29) is 5.91 Å². The maximum absolute atomic E-state index is 12.7. The molecule has 1 aliphatic carbocycles. The van der Waals surface area contributed by atoms with E-state index in [0.29, 0.717) is 5.92 Å². The van der Waals surface area contributed by atoms with Crippen molar-refractivity contribution in [3.63, 3.8) is 0 Å². The molecule has 0 atom stereocenters. The number of benzene rings is 1. The highest BCUT2D eigenvalue weighted by Gasteiger charge is 2.40. The monoisotopic (exact) mass is 329 g/mol. The fourth-order valence-electron chi connectivity index (χ4n) is 3.93. The molecule has 122 valence electrons. The van der Waals surface area contributed by atoms with Gasteiger partial charge in [-0.2, -0.15) is 0 Å². The predicted octanol–water partition coefficient (Wildman–Crippen LogP) is 3.27. The number of carbonyl (C=O) groups is 1. The molecule has 2 aliphatic rings. The number of amides is 1. The summed E-state index contributed by atoms with van der Waals surface area (Å²) in [5.41, 5.74) is 6.84. The number of hydrogen-bond donors (Lipinski definition) is 1. The molecular weight excluding hydrogens is 306 g/mol. The van der Waals surface area contributed by atoms with Crippen LogP contribution in [0.3, 0.4) is 0 Å². The molecule has 0 unspecified atom stereocenters. The summed E-state index contributed by atoms with van der Waals surface area (Å²) in [6.07, 6.45) is 5.88. The van der Waals surface area contributed by atoms with Crippen molar-refractivity contribution in [2.45, 2.75) is 50.0 Å². The lowest BCUT2D eigenvalue weighted by molar-refractivity contribution is -0.137. The smallest absolute Gasteiger partial charge is 0.242 e. The SMILES string of the molecule is NC1(C(=O)N2CCC(c3nc4ccccc4s3)CC2)CCCC1. The zero-order valence-electron chi connectivity index (χ0n) is 13.3. The van der Waals surface area contributed by atoms with Crippen LogP contribution in [0.4, 0.5) is 0 Å². The van der Waals surface area contributed by atoms with E-state index >= 15 is 0 Å². The van der Waals surface area contributed by atoms with Gasteiger partial charge in [0.25, 0.3) is 0 Å². The third kappa shape index (κ3) is 2.76. The number of nitrogens with zero attached hydrogens (tertiary/aromatic N) is 2. The molecule has 1 aliphatic heterocycles. The Bertz CT molecular complexity index is 679. The second kappa shape index (κ2) is 5.87. The molecule has 0 bridgehead atoms. The van der Waals surface area contributed by atoms with E-state index < -0.39 is 5.54 Å². The molecule has 2 N–H and O–H groups in total. The van der Waals surface area contributed by atoms with Crippen molar-refractivity contribution >= 4 is 27.5 Å². The Hall–Kier alpha value is -1.46. The second-order valence-electron chi connectivity index (χ2n) is 6.95. The molecule has 1 amide bonds. The molecule has 0 spiro atoms. The largest absolute Gasteiger partial charge is 0.341 e. The normalized spacial score (nSPS) is 21.9. The number of piperidine rings is 1. The average molecular weight is 329 g/mol. The first-order valence-electron chi connectivity index (χ1n) is 8.59. The van der Waals surface area contributed by atoms with Crippen LogP contribution in [0, 0.1) is 0 Å². The lowest BCUT2D eigenvalue weighted by Gasteiger charge is -2.36. The topological polar surface area (TPSA) is 59.2 Å². The molecule has 2 fully saturated rings. The highest BCUT2D eigenvalue weighted by atomic mass is 32.1. The van der Waals surface area contributed by atoms with Gasteiger partial charge in [0.2, 0.25) is 5.91 Å². The molecule has 1 aromatic carbocycles. The van der Waals surface area contributed by atoms with Crippen LogP contribution in [0.2, 0.25) is 0 Å². The first-order valence-corrected chi connectivity index (χ1v) is 9.41. The number of thiazole rings is 1. The van der Waals surface area contributed by atoms with Crippen LogP contribution in [-0.2, 0) is 4.79 Å². The number of nitrogens with two attached hydrogens (primary N) is 1. The van der Waals surface area contributed by atoms with Gasteiger partial charge in [-0.05, 0) is 37.8 Å². The number of hydrogen-bond acceptors (Lipinski definition) is 4. The van der Waals surface area contributed by atoms with Crippen LogP contribution in [0.1, 0.15) is 49.5 Å². The van der Waals surface area contributed by atoms with E-state index in [4.69, 9.17) is 10.7 Å². The highest BCUT2D eigenvalue weighted by Crippen LogP contribution is 2.35. The van der Waals surface area contributed by atoms with Gasteiger partial charge in [0.05, 0.1) is 20.8 Å². The summed E-state index contributed by atoms with van der Waals surface area (Å²) < 4.78 is 1.26. The summed E-state index contributed by atoms with van der Waals surface area (Å²) in [4.78, 5) is 19.5. The molecular formula is C18H23N3OS. The number of aromatic nitrogens is 1. The molecule has 4 rings (SSSR count). The Morgan fingerprint density at radius 3 is 2.61 bits per heavy atom. The van der Waals surface area contributed by atoms with Gasteiger partial charge in [0.1, 0.15) is 0 Å². The highest BCUT2D eigenvalue weighted by molar-refractivity contribution is 7.18. The number of carbonyl (C=O) groups excluding carboxylic acids is 1. The molecule has 2 aromatic rings. The van der Waals surface area contributed by atoms with Crippen molar-refractivity contribution in [1.29, 1.82) is 0 Å². The quantitative estimate of drug-likeness (QED) is 0.920. The Kier molecular flexibility index (Phi) is 3.85. The van der Waals surface area contributed by atoms with Crippen molar-refractivity contribution in [3.05, 3.63) is 29.3 Å². The maximum Gasteiger partial charge on any atom is 0.242 e. The third-order valence-corrected chi connectivity index (χ3v) is 6.56. The number of para-hydroxylation sites is 1. The summed E-state index contributed by atoms with van der Waals surface area (Å²) in [5, 5.41) is 1.22. The van der Waals surface area contributed by atoms with Crippen molar-refractivity contribution in [2.75, 3.05) is 13.1 Å². The Labute approximate surface area is 140 Å². The Morgan fingerprint density at radius 1 is 1.22 bits per heavy atom. The average Bonchev–Trinajstić information content (AvgIpc) is 3.21. The van der Waals surface area contributed by atoms with Crippen molar-refractivity contribution in [1.82, 2.24) is 9.88 Å². The van der Waals surface area contributed by atoms with Gasteiger partial charge >= 0.3 is 0 Å². The van der Waals surface area contributed by atoms with Crippen molar-refractivity contribution in [2.24, 2.45) is 5.73 Å². The molecule has 5 heteroatoms. The van der Waals surface area contributed by atoms with Crippen molar-refractivity contribution in [3.8, 4) is 0 Å². The first-order chi connectivity index (χ1) is 11.2. The summed E-state index contributed by atoms with van der Waals surface area (Å²) >= 11 is 1.80. The minimum atomic E-state index is -0.581. The maximum atomic E-state index is 12.7. The van der Waals surface area contributed by atoms with E-state index in [1.807, 2.05) is 11.0 Å². The van der Waals surface area contributed by atoms with Gasteiger partial charge in [0.15, 0.2) is 0 Å². The van der Waals surface area contributed by atoms with E-state index in [2.05, 4.69) is 18.2 Å². The van der Waals surface area contributed by atoms with Gasteiger partial charge < -0.3 is 10.6 Å². The van der Waals surface area contributed by atoms with Gasteiger partial charge in [-0.3, -0.25) is 4.79 Å². The third-order valence-electron chi connectivity index (χ3n) is 5.36. The van der Waals surface area contributed by atoms with Crippen molar-refractivity contribution < 1.29 is 4.79 Å². The van der Waals surface area contributed by atoms with E-state index in [1.54, 1.807) is 11.3 Å². The molecule has 2 heterocycles. The van der Waals surface area contributed by atoms with Crippen LogP contribution < -0.4 is 5.73 Å². The van der Waals surface area contributed by atoms with Crippen LogP contribution in [-0.4, -0.2) is 34.4 Å². The molecule has 23 heavy (non-hydrogen) atoms. The summed E-state index contributed by atoms with van der Waals surface area (Å²) in [6.45, 7) is 1.64. The minimum absolute atomic E-state index is 0.178. The van der Waals surface area contributed by atoms with E-state index in [1.165, 1.54) is 9.71 Å². The fraction of sp³-hybridized carbons (Fsp3) is 0.556. The van der Waals surface area contributed by atoms with E-state index in [9.17, 15) is 4.79 Å². The summed E-state index contributed by atoms with van der Waals surface area (Å²) in [5.74, 6) is 0.659. The van der Waals surface area contributed by atoms with E-state index in [0.717, 1.165) is 57.1 Å². The van der Waals surface area contributed by atoms with Crippen LogP contribution in [0.15, 0.2) is 24.3 Å². The zero-order valence-corrected chi connectivity index (χ0v) is 14.1. The number of rotatable bonds is 2. The Balaban J connectivity index is 1.43. The Morgan fingerprint density at radius 2 is 1.91 bits per heavy atom. The predicted molar refractivity (Wildman–Crippen MR) is 93.6 cm³/mol. The molecule has 1 saturated carbocycles. The molecule has 4 nitrogen and oxygen atoms in total. The number of likely N-dealkylation sites (tertiary alicyclic amines) is 1. The second-order valence-corrected chi connectivity index (χ2v) is 8.01. The minimum Gasteiger partial charge on any atom is -0.341 e. The standard InChI is InChI=1S/C18H23N3OS/c19-18(9-3-4-10-18)17(22)21-11-7-13(8-12-21)16-20-14-5-1-2-6-15(14)23-16/h1-2,5-6,13H,3-4,7-12,19H2. The molecule has 0 radical (unpaired) electrons. The lowest BCUT2D eigenvalue weighted by Crippen LogP contribution is -2.55. The summed E-state index contributed by atoms with van der Waals surface area (Å²) in [6, 6.07) is 8.31. The van der Waals surface area contributed by atoms with Gasteiger partial charge in [-0.1, -0.05) is 25.0 Å². The van der Waals surface area contributed by atoms with Gasteiger partial charge in [-0.15, -0.1) is 11.3 Å². The van der Waals surface area contributed by atoms with Gasteiger partial charge in [0, 0.05) is 19.0 Å². The van der Waals surface area contributed by atoms with Crippen LogP contribution >= 0.6 is 11.3 Å². The fourth-order valence-corrected chi connectivity index (χ4v) is 5.07.